The normalized spacial score (nSPS) is 28.8. The van der Waals surface area contributed by atoms with Gasteiger partial charge in [0, 0.05) is 3.92 Å². The van der Waals surface area contributed by atoms with Crippen molar-refractivity contribution in [2.75, 3.05) is 0 Å². The number of hydrogen-bond acceptors (Lipinski definition) is 0. The number of hydrogen-bond donors (Lipinski definition) is 0. The van der Waals surface area contributed by atoms with Crippen molar-refractivity contribution in [1.82, 2.24) is 0 Å². The molecule has 0 saturated carbocycles. The molecule has 0 heterocycles. The highest BCUT2D eigenvalue weighted by atomic mass is 127. The van der Waals surface area contributed by atoms with Crippen LogP contribution >= 0.6 is 22.6 Å². The average molecular weight is 276 g/mol. The molecule has 12 heavy (non-hydrogen) atoms. The first-order valence-electron chi connectivity index (χ1n) is 4.74. The molecule has 0 amide bonds. The molecule has 68 valence electrons. The fraction of sp³-hybridized carbons (Fsp3) is 0.636. The van der Waals surface area contributed by atoms with Crippen LogP contribution in [0.15, 0.2) is 23.8 Å². The summed E-state index contributed by atoms with van der Waals surface area (Å²) in [7, 11) is 0. The van der Waals surface area contributed by atoms with Gasteiger partial charge in [0.15, 0.2) is 0 Å². The van der Waals surface area contributed by atoms with Crippen molar-refractivity contribution in [3.05, 3.63) is 23.8 Å². The van der Waals surface area contributed by atoms with Gasteiger partial charge in [-0.3, -0.25) is 0 Å². The predicted molar refractivity (Wildman–Crippen MR) is 63.7 cm³/mol. The highest BCUT2D eigenvalue weighted by Crippen LogP contribution is 2.27. The van der Waals surface area contributed by atoms with Gasteiger partial charge in [-0.2, -0.15) is 0 Å². The van der Waals surface area contributed by atoms with E-state index in [4.69, 9.17) is 0 Å². The van der Waals surface area contributed by atoms with E-state index in [1.807, 2.05) is 0 Å². The molecule has 0 N–H and O–H groups in total. The minimum atomic E-state index is 0.721. The van der Waals surface area contributed by atoms with Crippen LogP contribution in [-0.4, -0.2) is 3.92 Å². The van der Waals surface area contributed by atoms with Crippen LogP contribution in [-0.2, 0) is 0 Å². The Hall–Kier alpha value is 0.210. The zero-order valence-corrected chi connectivity index (χ0v) is 10.0. The number of rotatable bonds is 3. The van der Waals surface area contributed by atoms with Crippen molar-refractivity contribution in [3.63, 3.8) is 0 Å². The van der Waals surface area contributed by atoms with Gasteiger partial charge in [0.2, 0.25) is 0 Å². The van der Waals surface area contributed by atoms with E-state index in [1.54, 1.807) is 0 Å². The first-order valence-corrected chi connectivity index (χ1v) is 5.99. The molecule has 0 radical (unpaired) electrons. The van der Waals surface area contributed by atoms with Gasteiger partial charge in [0.05, 0.1) is 0 Å². The zero-order chi connectivity index (χ0) is 8.97. The van der Waals surface area contributed by atoms with E-state index in [2.05, 4.69) is 54.7 Å². The topological polar surface area (TPSA) is 0 Å². The van der Waals surface area contributed by atoms with Crippen molar-refractivity contribution in [2.24, 2.45) is 5.92 Å². The van der Waals surface area contributed by atoms with E-state index in [1.165, 1.54) is 24.8 Å². The fourth-order valence-corrected chi connectivity index (χ4v) is 2.67. The van der Waals surface area contributed by atoms with Crippen molar-refractivity contribution in [2.45, 2.75) is 37.0 Å². The van der Waals surface area contributed by atoms with Gasteiger partial charge in [-0.15, -0.1) is 0 Å². The molecule has 1 aliphatic carbocycles. The summed E-state index contributed by atoms with van der Waals surface area (Å²) < 4.78 is 0.721. The molecule has 0 bridgehead atoms. The van der Waals surface area contributed by atoms with E-state index < -0.39 is 0 Å². The lowest BCUT2D eigenvalue weighted by molar-refractivity contribution is 0.574. The summed E-state index contributed by atoms with van der Waals surface area (Å²) in [5, 5.41) is 0. The highest BCUT2D eigenvalue weighted by Gasteiger charge is 2.15. The molecular weight excluding hydrogens is 259 g/mol. The quantitative estimate of drug-likeness (QED) is 0.537. The molecule has 1 aliphatic rings. The molecular formula is C11H17I. The summed E-state index contributed by atoms with van der Waals surface area (Å²) in [4.78, 5) is 0. The van der Waals surface area contributed by atoms with E-state index >= 15 is 0 Å². The van der Waals surface area contributed by atoms with Gasteiger partial charge in [-0.25, -0.2) is 0 Å². The first-order chi connectivity index (χ1) is 5.74. The standard InChI is InChI=1S/C11H17I/c1-3-4-5-10-7-6-9(2)8-11(10)12/h6-8,10-11H,3-5H2,1-2H3/t10-,11?/m0/s1. The highest BCUT2D eigenvalue weighted by molar-refractivity contribution is 14.1. The maximum Gasteiger partial charge on any atom is 0.0357 e. The summed E-state index contributed by atoms with van der Waals surface area (Å²) >= 11 is 2.55. The van der Waals surface area contributed by atoms with Gasteiger partial charge in [0.25, 0.3) is 0 Å². The third kappa shape index (κ3) is 2.92. The lowest BCUT2D eigenvalue weighted by Crippen LogP contribution is -2.12. The Labute approximate surface area is 89.3 Å². The van der Waals surface area contributed by atoms with E-state index in [0.29, 0.717) is 0 Å². The summed E-state index contributed by atoms with van der Waals surface area (Å²) in [6, 6.07) is 0. The molecule has 0 aliphatic heterocycles. The van der Waals surface area contributed by atoms with Crippen LogP contribution in [0.5, 0.6) is 0 Å². The summed E-state index contributed by atoms with van der Waals surface area (Å²) in [6.07, 6.45) is 11.0. The predicted octanol–water partition coefficient (Wildman–Crippen LogP) is 4.11. The largest absolute Gasteiger partial charge is 0.0798 e. The lowest BCUT2D eigenvalue weighted by atomic mass is 9.93. The number of unbranched alkanes of at least 4 members (excludes halogenated alkanes) is 1. The van der Waals surface area contributed by atoms with Crippen LogP contribution in [0.4, 0.5) is 0 Å². The van der Waals surface area contributed by atoms with Crippen LogP contribution in [0.1, 0.15) is 33.1 Å². The third-order valence-corrected chi connectivity index (χ3v) is 3.61. The van der Waals surface area contributed by atoms with Gasteiger partial charge in [-0.1, -0.05) is 66.2 Å². The van der Waals surface area contributed by atoms with E-state index in [9.17, 15) is 0 Å². The summed E-state index contributed by atoms with van der Waals surface area (Å²) in [5.41, 5.74) is 1.42. The van der Waals surface area contributed by atoms with E-state index in [-0.39, 0.29) is 0 Å². The number of halogens is 1. The number of allylic oxidation sites excluding steroid dienone is 4. The van der Waals surface area contributed by atoms with Crippen LogP contribution in [0.2, 0.25) is 0 Å². The van der Waals surface area contributed by atoms with Gasteiger partial charge in [-0.05, 0) is 19.3 Å². The fourth-order valence-electron chi connectivity index (χ4n) is 1.51. The smallest absolute Gasteiger partial charge is 0.0357 e. The molecule has 0 aromatic heterocycles. The lowest BCUT2D eigenvalue weighted by Gasteiger charge is -2.20. The van der Waals surface area contributed by atoms with Crippen molar-refractivity contribution in [1.29, 1.82) is 0 Å². The van der Waals surface area contributed by atoms with Gasteiger partial charge in [0.1, 0.15) is 0 Å². The second-order valence-corrected chi connectivity index (χ2v) is 4.96. The second-order valence-electron chi connectivity index (χ2n) is 3.52. The van der Waals surface area contributed by atoms with Crippen LogP contribution < -0.4 is 0 Å². The Bertz CT molecular complexity index is 191. The Morgan fingerprint density at radius 2 is 2.25 bits per heavy atom. The van der Waals surface area contributed by atoms with Crippen molar-refractivity contribution < 1.29 is 0 Å². The molecule has 1 heteroatoms. The van der Waals surface area contributed by atoms with Crippen LogP contribution in [0, 0.1) is 5.92 Å². The maximum absolute atomic E-state index is 2.55. The summed E-state index contributed by atoms with van der Waals surface area (Å²) in [6.45, 7) is 4.44. The number of alkyl halides is 1. The third-order valence-electron chi connectivity index (χ3n) is 2.33. The molecule has 2 atom stereocenters. The van der Waals surface area contributed by atoms with Crippen molar-refractivity contribution >= 4 is 22.6 Å². The Kier molecular flexibility index (Phi) is 4.33. The average Bonchev–Trinajstić information content (AvgIpc) is 2.03. The second kappa shape index (κ2) is 5.05. The van der Waals surface area contributed by atoms with Gasteiger partial charge < -0.3 is 0 Å². The van der Waals surface area contributed by atoms with E-state index in [0.717, 1.165) is 9.84 Å². The monoisotopic (exact) mass is 276 g/mol. The molecule has 0 aromatic rings. The molecule has 0 spiro atoms. The summed E-state index contributed by atoms with van der Waals surface area (Å²) in [5.74, 6) is 0.786. The van der Waals surface area contributed by atoms with Crippen LogP contribution in [0.25, 0.3) is 0 Å². The Balaban J connectivity index is 2.43. The van der Waals surface area contributed by atoms with Crippen LogP contribution in [0.3, 0.4) is 0 Å². The minimum Gasteiger partial charge on any atom is -0.0798 e. The molecule has 0 fully saturated rings. The SMILES string of the molecule is CCCC[C@H]1C=CC(C)=CC1I. The molecule has 0 aromatic carbocycles. The molecule has 0 nitrogen and oxygen atoms in total. The van der Waals surface area contributed by atoms with Gasteiger partial charge >= 0.3 is 0 Å². The maximum atomic E-state index is 2.55. The Morgan fingerprint density at radius 3 is 2.83 bits per heavy atom. The Morgan fingerprint density at radius 1 is 1.50 bits per heavy atom. The zero-order valence-electron chi connectivity index (χ0n) is 7.89. The first kappa shape index (κ1) is 10.3. The molecule has 0 saturated heterocycles. The molecule has 1 rings (SSSR count). The minimum absolute atomic E-state index is 0.721. The molecule has 1 unspecified atom stereocenters. The van der Waals surface area contributed by atoms with Crippen molar-refractivity contribution in [3.8, 4) is 0 Å².